The standard InChI is InChI=1S/C46H30BBr3O2/c1-3-7-44-42(4-2)43-8-5-6-9-45(43)46(44,32-14-10-30-20-38(16-12-28(30)18-32)51-40-23-34(47)22-35(48)25-40)33-15-11-31-21-39(17-13-29(31)19-33)52-41-26-36(49)24-37(50)27-41/h3-27H,2H2,1H3/b7-3-. The first-order chi connectivity index (χ1) is 25.2. The predicted octanol–water partition coefficient (Wildman–Crippen LogP) is 13.5. The molecule has 7 aromatic carbocycles. The van der Waals surface area contributed by atoms with E-state index in [4.69, 9.17) is 17.3 Å². The van der Waals surface area contributed by atoms with Gasteiger partial charge < -0.3 is 9.47 Å². The summed E-state index contributed by atoms with van der Waals surface area (Å²) in [5, 5.41) is 4.41. The Morgan fingerprint density at radius 3 is 1.65 bits per heavy atom. The van der Waals surface area contributed by atoms with E-state index in [0.29, 0.717) is 11.2 Å². The van der Waals surface area contributed by atoms with E-state index in [9.17, 15) is 0 Å². The zero-order chi connectivity index (χ0) is 36.0. The summed E-state index contributed by atoms with van der Waals surface area (Å²) in [6, 6.07) is 46.3. The summed E-state index contributed by atoms with van der Waals surface area (Å²) < 4.78 is 15.3. The highest BCUT2D eigenvalue weighted by Gasteiger charge is 2.46. The Bertz CT molecular complexity index is 2450. The molecule has 0 fully saturated rings. The Labute approximate surface area is 330 Å². The number of ether oxygens (including phenoxy) is 2. The van der Waals surface area contributed by atoms with Gasteiger partial charge in [-0.2, -0.15) is 0 Å². The number of rotatable bonds is 8. The van der Waals surface area contributed by atoms with Crippen LogP contribution in [-0.2, 0) is 5.41 Å². The van der Waals surface area contributed by atoms with Crippen LogP contribution < -0.4 is 14.9 Å². The lowest BCUT2D eigenvalue weighted by molar-refractivity contribution is 0.482. The van der Waals surface area contributed by atoms with Gasteiger partial charge in [-0.1, -0.05) is 145 Å². The fourth-order valence-electron chi connectivity index (χ4n) is 7.47. The fourth-order valence-corrected chi connectivity index (χ4v) is 9.21. The second-order valence-electron chi connectivity index (χ2n) is 12.8. The number of fused-ring (bicyclic) bond motifs is 3. The van der Waals surface area contributed by atoms with E-state index < -0.39 is 5.41 Å². The molecule has 0 aromatic heterocycles. The molecule has 0 saturated carbocycles. The third-order valence-corrected chi connectivity index (χ3v) is 10.9. The summed E-state index contributed by atoms with van der Waals surface area (Å²) in [6.07, 6.45) is 6.38. The molecule has 0 N–H and O–H groups in total. The Balaban J connectivity index is 1.27. The Morgan fingerprint density at radius 2 is 1.10 bits per heavy atom. The molecule has 0 amide bonds. The normalized spacial score (nSPS) is 15.4. The summed E-state index contributed by atoms with van der Waals surface area (Å²) in [6.45, 7) is 6.38. The van der Waals surface area contributed by atoms with Crippen molar-refractivity contribution in [2.45, 2.75) is 12.3 Å². The second kappa shape index (κ2) is 14.1. The van der Waals surface area contributed by atoms with Crippen LogP contribution in [0.5, 0.6) is 23.0 Å². The molecule has 0 aliphatic heterocycles. The van der Waals surface area contributed by atoms with Crippen LogP contribution in [0.2, 0.25) is 0 Å². The number of hydrogen-bond acceptors (Lipinski definition) is 2. The first-order valence-corrected chi connectivity index (χ1v) is 19.2. The van der Waals surface area contributed by atoms with Crippen molar-refractivity contribution in [1.29, 1.82) is 0 Å². The highest BCUT2D eigenvalue weighted by Crippen LogP contribution is 2.56. The molecule has 1 atom stereocenters. The molecule has 2 nitrogen and oxygen atoms in total. The lowest BCUT2D eigenvalue weighted by Gasteiger charge is -2.35. The van der Waals surface area contributed by atoms with E-state index in [0.717, 1.165) is 57.8 Å². The van der Waals surface area contributed by atoms with Crippen molar-refractivity contribution in [2.75, 3.05) is 0 Å². The monoisotopic (exact) mass is 862 g/mol. The van der Waals surface area contributed by atoms with Crippen LogP contribution in [0.4, 0.5) is 0 Å². The number of allylic oxidation sites excluding steroid dienone is 5. The second-order valence-corrected chi connectivity index (χ2v) is 15.6. The lowest BCUT2D eigenvalue weighted by atomic mass is 9.66. The molecule has 6 heteroatoms. The summed E-state index contributed by atoms with van der Waals surface area (Å²) in [7, 11) is 6.07. The summed E-state index contributed by atoms with van der Waals surface area (Å²) in [5.41, 5.74) is 7.12. The van der Waals surface area contributed by atoms with E-state index in [-0.39, 0.29) is 0 Å². The molecular formula is C46H30BBr3O2. The van der Waals surface area contributed by atoms with Crippen LogP contribution in [0.15, 0.2) is 177 Å². The Morgan fingerprint density at radius 1 is 0.577 bits per heavy atom. The number of halogens is 3. The third kappa shape index (κ3) is 6.27. The van der Waals surface area contributed by atoms with Crippen LogP contribution in [0.1, 0.15) is 29.2 Å². The van der Waals surface area contributed by atoms with Crippen molar-refractivity contribution < 1.29 is 9.47 Å². The van der Waals surface area contributed by atoms with Crippen molar-refractivity contribution >= 4 is 88.2 Å². The summed E-state index contributed by atoms with van der Waals surface area (Å²) in [4.78, 5) is 0. The van der Waals surface area contributed by atoms with Gasteiger partial charge in [0.2, 0.25) is 0 Å². The van der Waals surface area contributed by atoms with Crippen molar-refractivity contribution in [3.05, 3.63) is 200 Å². The molecule has 0 spiro atoms. The van der Waals surface area contributed by atoms with Crippen molar-refractivity contribution in [3.63, 3.8) is 0 Å². The van der Waals surface area contributed by atoms with Gasteiger partial charge in [-0.15, -0.1) is 0 Å². The maximum atomic E-state index is 6.28. The lowest BCUT2D eigenvalue weighted by Crippen LogP contribution is -2.29. The van der Waals surface area contributed by atoms with Crippen LogP contribution >= 0.6 is 47.8 Å². The predicted molar refractivity (Wildman–Crippen MR) is 228 cm³/mol. The molecule has 8 rings (SSSR count). The Hall–Kier alpha value is -4.62. The van der Waals surface area contributed by atoms with E-state index in [1.54, 1.807) is 0 Å². The van der Waals surface area contributed by atoms with Gasteiger partial charge in [0.25, 0.3) is 0 Å². The van der Waals surface area contributed by atoms with Crippen molar-refractivity contribution in [3.8, 4) is 23.0 Å². The van der Waals surface area contributed by atoms with Gasteiger partial charge in [-0.25, -0.2) is 0 Å². The molecule has 2 radical (unpaired) electrons. The van der Waals surface area contributed by atoms with Crippen molar-refractivity contribution in [1.82, 2.24) is 0 Å². The smallest absolute Gasteiger partial charge is 0.129 e. The van der Waals surface area contributed by atoms with Gasteiger partial charge in [0, 0.05) is 13.4 Å². The fraction of sp³-hybridized carbons (Fsp3) is 0.0435. The molecule has 1 aliphatic rings. The van der Waals surface area contributed by atoms with E-state index in [2.05, 4.69) is 158 Å². The molecule has 1 unspecified atom stereocenters. The SMILES string of the molecule is [B]c1cc(Br)cc(Oc2ccc3cc(C4(c5ccc6cc(Oc7cc(Br)cc(Br)c7)ccc6c5)C(/C=C\C)=C(C=C)c5ccccc54)ccc3c2)c1. The first-order valence-electron chi connectivity index (χ1n) is 16.8. The molecule has 1 aliphatic carbocycles. The highest BCUT2D eigenvalue weighted by atomic mass is 79.9. The first kappa shape index (κ1) is 34.5. The summed E-state index contributed by atoms with van der Waals surface area (Å²) in [5.74, 6) is 2.95. The average Bonchev–Trinajstić information content (AvgIpc) is 3.40. The van der Waals surface area contributed by atoms with Crippen LogP contribution in [0, 0.1) is 0 Å². The van der Waals surface area contributed by atoms with Gasteiger partial charge in [0.05, 0.1) is 5.41 Å². The molecular weight excluding hydrogens is 835 g/mol. The molecule has 0 saturated heterocycles. The molecule has 250 valence electrons. The van der Waals surface area contributed by atoms with Crippen LogP contribution in [0.3, 0.4) is 0 Å². The van der Waals surface area contributed by atoms with E-state index in [1.807, 2.05) is 54.6 Å². The average molecular weight is 865 g/mol. The maximum Gasteiger partial charge on any atom is 0.129 e. The minimum Gasteiger partial charge on any atom is -0.457 e. The summed E-state index contributed by atoms with van der Waals surface area (Å²) >= 11 is 10.6. The molecule has 0 bridgehead atoms. The van der Waals surface area contributed by atoms with E-state index in [1.165, 1.54) is 27.8 Å². The maximum absolute atomic E-state index is 6.28. The minimum atomic E-state index is -0.601. The van der Waals surface area contributed by atoms with Gasteiger partial charge in [0.15, 0.2) is 0 Å². The van der Waals surface area contributed by atoms with Crippen molar-refractivity contribution in [2.24, 2.45) is 0 Å². The zero-order valence-electron chi connectivity index (χ0n) is 28.2. The van der Waals surface area contributed by atoms with Gasteiger partial charge in [0.1, 0.15) is 30.8 Å². The highest BCUT2D eigenvalue weighted by molar-refractivity contribution is 9.11. The van der Waals surface area contributed by atoms with Gasteiger partial charge in [-0.05, 0) is 129 Å². The topological polar surface area (TPSA) is 18.5 Å². The molecule has 52 heavy (non-hydrogen) atoms. The van der Waals surface area contributed by atoms with Gasteiger partial charge >= 0.3 is 0 Å². The van der Waals surface area contributed by atoms with Crippen LogP contribution in [0.25, 0.3) is 27.1 Å². The van der Waals surface area contributed by atoms with Gasteiger partial charge in [-0.3, -0.25) is 0 Å². The molecule has 7 aromatic rings. The zero-order valence-corrected chi connectivity index (χ0v) is 32.9. The third-order valence-electron chi connectivity index (χ3n) is 9.54. The number of hydrogen-bond donors (Lipinski definition) is 0. The quantitative estimate of drug-likeness (QED) is 0.142. The largest absolute Gasteiger partial charge is 0.457 e. The number of benzene rings is 7. The van der Waals surface area contributed by atoms with E-state index >= 15 is 0 Å². The minimum absolute atomic E-state index is 0.601. The molecule has 0 heterocycles. The Kier molecular flexibility index (Phi) is 9.33. The van der Waals surface area contributed by atoms with Crippen LogP contribution in [-0.4, -0.2) is 7.85 Å².